The molecule has 0 spiro atoms. The fraction of sp³-hybridized carbons (Fsp3) is 0.722. The molecule has 0 bridgehead atoms. The van der Waals surface area contributed by atoms with Crippen molar-refractivity contribution in [2.24, 2.45) is 11.8 Å². The normalized spacial score (nSPS) is 26.9. The fourth-order valence-corrected chi connectivity index (χ4v) is 3.51. The molecule has 3 atom stereocenters. The van der Waals surface area contributed by atoms with E-state index >= 15 is 0 Å². The molecule has 0 saturated heterocycles. The molecule has 0 amide bonds. The van der Waals surface area contributed by atoms with Gasteiger partial charge in [-0.25, -0.2) is 0 Å². The predicted molar refractivity (Wildman–Crippen MR) is 85.5 cm³/mol. The molecule has 3 heteroatoms. The van der Waals surface area contributed by atoms with Gasteiger partial charge in [0.2, 0.25) is 0 Å². The SMILES string of the molecule is CC1CCC(C(C)(C)c2cncc(OC(C)C)c2)C(O)C1. The second-order valence-corrected chi connectivity index (χ2v) is 7.39. The van der Waals surface area contributed by atoms with Crippen LogP contribution in [0.1, 0.15) is 59.4 Å². The van der Waals surface area contributed by atoms with E-state index in [0.717, 1.165) is 24.2 Å². The first-order valence-corrected chi connectivity index (χ1v) is 8.11. The molecular weight excluding hydrogens is 262 g/mol. The number of aromatic nitrogens is 1. The first-order chi connectivity index (χ1) is 9.80. The first-order valence-electron chi connectivity index (χ1n) is 8.11. The van der Waals surface area contributed by atoms with Crippen molar-refractivity contribution in [1.82, 2.24) is 4.98 Å². The molecular formula is C18H29NO2. The Morgan fingerprint density at radius 3 is 2.62 bits per heavy atom. The van der Waals surface area contributed by atoms with Crippen LogP contribution in [-0.4, -0.2) is 22.3 Å². The second-order valence-electron chi connectivity index (χ2n) is 7.39. The van der Waals surface area contributed by atoms with Gasteiger partial charge in [0.05, 0.1) is 18.4 Å². The van der Waals surface area contributed by atoms with Gasteiger partial charge in [0.15, 0.2) is 0 Å². The molecule has 1 aromatic rings. The summed E-state index contributed by atoms with van der Waals surface area (Å²) < 4.78 is 5.76. The van der Waals surface area contributed by atoms with Crippen molar-refractivity contribution in [2.75, 3.05) is 0 Å². The van der Waals surface area contributed by atoms with Gasteiger partial charge in [-0.15, -0.1) is 0 Å². The largest absolute Gasteiger partial charge is 0.489 e. The Morgan fingerprint density at radius 1 is 1.29 bits per heavy atom. The zero-order valence-corrected chi connectivity index (χ0v) is 14.0. The van der Waals surface area contributed by atoms with Crippen LogP contribution in [0.2, 0.25) is 0 Å². The number of aliphatic hydroxyl groups excluding tert-OH is 1. The topological polar surface area (TPSA) is 42.4 Å². The number of nitrogens with zero attached hydrogens (tertiary/aromatic N) is 1. The molecule has 0 aromatic carbocycles. The molecule has 1 aromatic heterocycles. The number of ether oxygens (including phenoxy) is 1. The molecule has 1 saturated carbocycles. The standard InChI is InChI=1S/C18H29NO2/c1-12(2)21-15-9-14(10-19-11-15)18(4,5)16-7-6-13(3)8-17(16)20/h9-13,16-17,20H,6-8H2,1-5H3. The van der Waals surface area contributed by atoms with Gasteiger partial charge < -0.3 is 9.84 Å². The number of pyridine rings is 1. The fourth-order valence-electron chi connectivity index (χ4n) is 3.51. The van der Waals surface area contributed by atoms with Crippen molar-refractivity contribution in [2.45, 2.75) is 71.5 Å². The van der Waals surface area contributed by atoms with Gasteiger partial charge in [-0.2, -0.15) is 0 Å². The van der Waals surface area contributed by atoms with Gasteiger partial charge in [-0.3, -0.25) is 4.98 Å². The lowest BCUT2D eigenvalue weighted by molar-refractivity contribution is 0.0142. The van der Waals surface area contributed by atoms with E-state index in [9.17, 15) is 5.11 Å². The van der Waals surface area contributed by atoms with Crippen LogP contribution in [0.5, 0.6) is 5.75 Å². The number of hydrogen-bond acceptors (Lipinski definition) is 3. The average Bonchev–Trinajstić information content (AvgIpc) is 2.37. The van der Waals surface area contributed by atoms with Crippen molar-refractivity contribution >= 4 is 0 Å². The van der Waals surface area contributed by atoms with Gasteiger partial charge in [0, 0.05) is 6.20 Å². The Hall–Kier alpha value is -1.09. The molecule has 2 rings (SSSR count). The molecule has 118 valence electrons. The Kier molecular flexibility index (Phi) is 4.92. The van der Waals surface area contributed by atoms with Gasteiger partial charge in [0.1, 0.15) is 5.75 Å². The molecule has 1 heterocycles. The molecule has 3 unspecified atom stereocenters. The van der Waals surface area contributed by atoms with Crippen LogP contribution in [0.25, 0.3) is 0 Å². The lowest BCUT2D eigenvalue weighted by Gasteiger charge is -2.42. The van der Waals surface area contributed by atoms with Crippen LogP contribution in [0, 0.1) is 11.8 Å². The predicted octanol–water partition coefficient (Wildman–Crippen LogP) is 3.94. The van der Waals surface area contributed by atoms with Gasteiger partial charge in [0.25, 0.3) is 0 Å². The van der Waals surface area contributed by atoms with Crippen LogP contribution < -0.4 is 4.74 Å². The van der Waals surface area contributed by atoms with E-state index < -0.39 is 0 Å². The smallest absolute Gasteiger partial charge is 0.138 e. The van der Waals surface area contributed by atoms with Gasteiger partial charge in [-0.1, -0.05) is 27.2 Å². The number of aliphatic hydroxyl groups is 1. The minimum Gasteiger partial charge on any atom is -0.489 e. The van der Waals surface area contributed by atoms with Gasteiger partial charge >= 0.3 is 0 Å². The van der Waals surface area contributed by atoms with Gasteiger partial charge in [-0.05, 0) is 55.6 Å². The molecule has 1 fully saturated rings. The summed E-state index contributed by atoms with van der Waals surface area (Å²) in [5, 5.41) is 10.5. The number of hydrogen-bond donors (Lipinski definition) is 1. The Labute approximate surface area is 128 Å². The van der Waals surface area contributed by atoms with Crippen molar-refractivity contribution in [1.29, 1.82) is 0 Å². The van der Waals surface area contributed by atoms with Crippen LogP contribution in [-0.2, 0) is 5.41 Å². The molecule has 0 radical (unpaired) electrons. The summed E-state index contributed by atoms with van der Waals surface area (Å²) in [6.07, 6.45) is 6.77. The second kappa shape index (κ2) is 6.35. The highest BCUT2D eigenvalue weighted by atomic mass is 16.5. The summed E-state index contributed by atoms with van der Waals surface area (Å²) >= 11 is 0. The van der Waals surface area contributed by atoms with Crippen molar-refractivity contribution in [3.05, 3.63) is 24.0 Å². The summed E-state index contributed by atoms with van der Waals surface area (Å²) in [5.41, 5.74) is 1.06. The molecule has 1 N–H and O–H groups in total. The molecule has 1 aliphatic rings. The van der Waals surface area contributed by atoms with Crippen molar-refractivity contribution in [3.8, 4) is 5.75 Å². The highest BCUT2D eigenvalue weighted by molar-refractivity contribution is 5.30. The van der Waals surface area contributed by atoms with E-state index in [-0.39, 0.29) is 23.5 Å². The third kappa shape index (κ3) is 3.76. The minimum absolute atomic E-state index is 0.0943. The zero-order chi connectivity index (χ0) is 15.6. The Bertz CT molecular complexity index is 470. The van der Waals surface area contributed by atoms with E-state index in [4.69, 9.17) is 4.74 Å². The molecule has 21 heavy (non-hydrogen) atoms. The maximum Gasteiger partial charge on any atom is 0.138 e. The lowest BCUT2D eigenvalue weighted by Crippen LogP contribution is -2.41. The van der Waals surface area contributed by atoms with Crippen molar-refractivity contribution < 1.29 is 9.84 Å². The number of rotatable bonds is 4. The van der Waals surface area contributed by atoms with E-state index in [2.05, 4.69) is 31.8 Å². The van der Waals surface area contributed by atoms with Crippen LogP contribution in [0.3, 0.4) is 0 Å². The monoisotopic (exact) mass is 291 g/mol. The van der Waals surface area contributed by atoms with Crippen LogP contribution in [0.15, 0.2) is 18.5 Å². The summed E-state index contributed by atoms with van der Waals surface area (Å²) in [5.74, 6) is 1.72. The Balaban J connectivity index is 2.22. The molecule has 0 aliphatic heterocycles. The maximum atomic E-state index is 10.5. The maximum absolute atomic E-state index is 10.5. The minimum atomic E-state index is -0.224. The quantitative estimate of drug-likeness (QED) is 0.913. The van der Waals surface area contributed by atoms with E-state index in [1.54, 1.807) is 6.20 Å². The van der Waals surface area contributed by atoms with Crippen molar-refractivity contribution in [3.63, 3.8) is 0 Å². The van der Waals surface area contributed by atoms with E-state index in [1.165, 1.54) is 6.42 Å². The summed E-state index contributed by atoms with van der Waals surface area (Å²) in [7, 11) is 0. The highest BCUT2D eigenvalue weighted by Gasteiger charge is 2.39. The lowest BCUT2D eigenvalue weighted by atomic mass is 9.65. The molecule has 1 aliphatic carbocycles. The van der Waals surface area contributed by atoms with Crippen LogP contribution >= 0.6 is 0 Å². The summed E-state index contributed by atoms with van der Waals surface area (Å²) in [6.45, 7) is 10.7. The highest BCUT2D eigenvalue weighted by Crippen LogP contribution is 2.42. The van der Waals surface area contributed by atoms with E-state index in [0.29, 0.717) is 5.92 Å². The zero-order valence-electron chi connectivity index (χ0n) is 14.0. The molecule has 3 nitrogen and oxygen atoms in total. The average molecular weight is 291 g/mol. The third-order valence-electron chi connectivity index (χ3n) is 4.83. The third-order valence-corrected chi connectivity index (χ3v) is 4.83. The summed E-state index contributed by atoms with van der Waals surface area (Å²) in [4.78, 5) is 4.33. The van der Waals surface area contributed by atoms with E-state index in [1.807, 2.05) is 20.0 Å². The first kappa shape index (κ1) is 16.3. The van der Waals surface area contributed by atoms with Crippen LogP contribution in [0.4, 0.5) is 0 Å². The summed E-state index contributed by atoms with van der Waals surface area (Å²) in [6, 6.07) is 2.08. The Morgan fingerprint density at radius 2 is 2.00 bits per heavy atom.